The van der Waals surface area contributed by atoms with Crippen LogP contribution in [-0.2, 0) is 74.8 Å². The number of carbonyl (C=O) groups is 8. The van der Waals surface area contributed by atoms with Crippen molar-refractivity contribution < 1.29 is 52.6 Å². The van der Waals surface area contributed by atoms with Gasteiger partial charge in [-0.2, -0.15) is 0 Å². The van der Waals surface area contributed by atoms with Gasteiger partial charge in [0.2, 0.25) is 29.5 Å². The van der Waals surface area contributed by atoms with Crippen molar-refractivity contribution >= 4 is 58.2 Å². The van der Waals surface area contributed by atoms with Gasteiger partial charge < -0.3 is 40.6 Å². The number of aryl methyl sites for hydroxylation is 1. The molecule has 0 saturated carbocycles. The number of benzene rings is 2. The zero-order chi connectivity index (χ0) is 53.8. The molecule has 22 nitrogen and oxygen atoms in total. The van der Waals surface area contributed by atoms with Gasteiger partial charge in [0.25, 0.3) is 17.4 Å². The van der Waals surface area contributed by atoms with Crippen molar-refractivity contribution in [2.45, 2.75) is 103 Å². The van der Waals surface area contributed by atoms with Crippen LogP contribution in [0.15, 0.2) is 71.7 Å². The van der Waals surface area contributed by atoms with Gasteiger partial charge in [0.15, 0.2) is 5.60 Å². The molecule has 3 aromatic heterocycles. The Morgan fingerprint density at radius 3 is 2.42 bits per heavy atom. The van der Waals surface area contributed by atoms with Crippen molar-refractivity contribution in [1.29, 1.82) is 0 Å². The van der Waals surface area contributed by atoms with E-state index in [4.69, 9.17) is 9.72 Å². The summed E-state index contributed by atoms with van der Waals surface area (Å²) < 4.78 is 23.5. The number of aliphatic hydroxyl groups is 1. The second-order valence-corrected chi connectivity index (χ2v) is 19.3. The lowest BCUT2D eigenvalue weighted by molar-refractivity contribution is -0.172. The number of esters is 1. The summed E-state index contributed by atoms with van der Waals surface area (Å²) >= 11 is 0. The molecular weight excluding hydrogens is 986 g/mol. The van der Waals surface area contributed by atoms with Crippen LogP contribution in [0.3, 0.4) is 0 Å². The number of fused-ring (bicyclic) bond motifs is 5. The molecule has 0 radical (unpaired) electrons. The van der Waals surface area contributed by atoms with E-state index in [9.17, 15) is 48.3 Å². The quantitative estimate of drug-likeness (QED) is 0.0411. The van der Waals surface area contributed by atoms with Crippen molar-refractivity contribution in [1.82, 2.24) is 55.6 Å². The Bertz CT molecular complexity index is 3270. The summed E-state index contributed by atoms with van der Waals surface area (Å²) in [6.07, 6.45) is 7.06. The van der Waals surface area contributed by atoms with E-state index in [1.165, 1.54) is 22.8 Å². The third-order valence-corrected chi connectivity index (χ3v) is 14.3. The maximum Gasteiger partial charge on any atom is 0.343 e. The zero-order valence-electron chi connectivity index (χ0n) is 41.9. The minimum absolute atomic E-state index is 0.0326. The summed E-state index contributed by atoms with van der Waals surface area (Å²) in [7, 11) is 0. The van der Waals surface area contributed by atoms with Crippen LogP contribution in [0.5, 0.6) is 0 Å². The number of cyclic esters (lactones) is 1. The molecule has 0 aliphatic carbocycles. The number of amides is 7. The Balaban J connectivity index is 0.815. The molecule has 76 heavy (non-hydrogen) atoms. The van der Waals surface area contributed by atoms with Gasteiger partial charge in [0, 0.05) is 60.7 Å². The molecule has 0 bridgehead atoms. The summed E-state index contributed by atoms with van der Waals surface area (Å²) in [5.41, 5.74) is 1.85. The van der Waals surface area contributed by atoms with E-state index in [1.807, 2.05) is 0 Å². The molecule has 23 heteroatoms. The van der Waals surface area contributed by atoms with Crippen molar-refractivity contribution in [3.05, 3.63) is 122 Å². The first-order valence-electron chi connectivity index (χ1n) is 25.2. The molecule has 7 heterocycles. The number of halogens is 1. The van der Waals surface area contributed by atoms with E-state index in [2.05, 4.69) is 31.6 Å². The van der Waals surface area contributed by atoms with E-state index in [0.29, 0.717) is 83.3 Å². The highest BCUT2D eigenvalue weighted by molar-refractivity contribution is 6.12. The zero-order valence-corrected chi connectivity index (χ0v) is 41.9. The summed E-state index contributed by atoms with van der Waals surface area (Å²) in [5.74, 6) is -4.81. The number of pyridine rings is 2. The largest absolute Gasteiger partial charge is 0.458 e. The highest BCUT2D eigenvalue weighted by Crippen LogP contribution is 2.41. The Kier molecular flexibility index (Phi) is 15.3. The lowest BCUT2D eigenvalue weighted by atomic mass is 9.86. The number of hydrogen-bond donors (Lipinski definition) is 5. The minimum atomic E-state index is -2.03. The number of nitrogens with zero attached hydrogens (tertiary/aromatic N) is 7. The monoisotopic (exact) mass is 1040 g/mol. The standard InChI is InChI=1S/C53H56FN11O11/c1-3-53(75)36-21-42-49-34(27-65(42)51(73)35(36)29-76-52(53)74)33(32-19-30(2)37(54)22-38(32)59-49)26-62-28-40(60-61-62)41-13-10-18-63(41)48(71)25-57-50(72)39(20-31-11-6-4-7-12-31)58-45(68)24-56-44(67)23-55-43(66)14-8-5-9-17-64-46(69)15-16-47(64)70/h4,6-7,11-12,15-16,19,21-22,28,39,41,75H,3,5,8-10,13-14,17-18,20,23-27,29H2,1-2H3,(H,55,66)(H,56,67)(H,57,72)(H,58,68)/t39-,41?,53+/m1/s1. The van der Waals surface area contributed by atoms with Crippen LogP contribution in [0.2, 0.25) is 0 Å². The summed E-state index contributed by atoms with van der Waals surface area (Å²) in [6.45, 7) is 2.50. The first-order chi connectivity index (χ1) is 36.5. The van der Waals surface area contributed by atoms with Gasteiger partial charge in [-0.3, -0.25) is 43.3 Å². The van der Waals surface area contributed by atoms with E-state index in [1.54, 1.807) is 72.1 Å². The first kappa shape index (κ1) is 52.4. The van der Waals surface area contributed by atoms with Crippen molar-refractivity contribution in [3.8, 4) is 11.4 Å². The normalized spacial score (nSPS) is 17.8. The molecule has 2 aromatic carbocycles. The van der Waals surface area contributed by atoms with Gasteiger partial charge in [-0.1, -0.05) is 48.9 Å². The van der Waals surface area contributed by atoms with Crippen LogP contribution >= 0.6 is 0 Å². The van der Waals surface area contributed by atoms with Crippen LogP contribution in [0.1, 0.15) is 97.0 Å². The molecule has 0 spiro atoms. The molecule has 5 N–H and O–H groups in total. The summed E-state index contributed by atoms with van der Waals surface area (Å²) in [4.78, 5) is 123. The Labute approximate surface area is 434 Å². The van der Waals surface area contributed by atoms with Crippen molar-refractivity contribution in [2.75, 3.05) is 32.7 Å². The number of likely N-dealkylation sites (tertiary alicyclic amines) is 1. The van der Waals surface area contributed by atoms with Gasteiger partial charge in [-0.05, 0) is 67.9 Å². The molecule has 7 amide bonds. The van der Waals surface area contributed by atoms with Gasteiger partial charge in [-0.15, -0.1) is 5.10 Å². The van der Waals surface area contributed by atoms with Crippen molar-refractivity contribution in [2.24, 2.45) is 0 Å². The van der Waals surface area contributed by atoms with E-state index < -0.39 is 78.3 Å². The molecule has 3 atom stereocenters. The Morgan fingerprint density at radius 2 is 1.66 bits per heavy atom. The number of ether oxygens (including phenoxy) is 1. The van der Waals surface area contributed by atoms with E-state index in [-0.39, 0.29) is 74.4 Å². The molecule has 4 aliphatic heterocycles. The third kappa shape index (κ3) is 10.9. The number of carbonyl (C=O) groups excluding carboxylic acids is 8. The topological polar surface area (TPSA) is 286 Å². The second-order valence-electron chi connectivity index (χ2n) is 19.3. The van der Waals surface area contributed by atoms with Gasteiger partial charge in [-0.25, -0.2) is 18.9 Å². The molecule has 1 unspecified atom stereocenters. The lowest BCUT2D eigenvalue weighted by Gasteiger charge is -2.31. The number of rotatable bonds is 20. The van der Waals surface area contributed by atoms with Crippen LogP contribution in [0, 0.1) is 12.7 Å². The average Bonchev–Trinajstić information content (AvgIpc) is 4.25. The number of nitrogens with one attached hydrogen (secondary N) is 4. The lowest BCUT2D eigenvalue weighted by Crippen LogP contribution is -2.52. The first-order valence-corrected chi connectivity index (χ1v) is 25.2. The number of aromatic nitrogens is 5. The molecule has 1 saturated heterocycles. The number of imide groups is 1. The minimum Gasteiger partial charge on any atom is -0.458 e. The molecule has 4 aliphatic rings. The predicted molar refractivity (Wildman–Crippen MR) is 267 cm³/mol. The maximum atomic E-state index is 15.1. The van der Waals surface area contributed by atoms with Gasteiger partial charge >= 0.3 is 5.97 Å². The van der Waals surface area contributed by atoms with E-state index in [0.717, 1.165) is 10.5 Å². The molecular formula is C53H56FN11O11. The second kappa shape index (κ2) is 22.2. The van der Waals surface area contributed by atoms with Crippen LogP contribution < -0.4 is 26.8 Å². The van der Waals surface area contributed by atoms with E-state index >= 15 is 4.39 Å². The van der Waals surface area contributed by atoms with Crippen LogP contribution in [-0.4, -0.2) is 126 Å². The smallest absolute Gasteiger partial charge is 0.343 e. The SMILES string of the molecule is CC[C@@]1(O)C(=O)OCc2c1cc1n(c2=O)Cc2c-1nc1cc(F)c(C)cc1c2Cn1cc(C2CCCN2C(=O)CNC(=O)[C@@H](Cc2ccccc2)NC(=O)CNC(=O)CNC(=O)CCCCCN2C(=O)C=CC2=O)nn1. The fraction of sp³-hybridized carbons (Fsp3) is 0.396. The predicted octanol–water partition coefficient (Wildman–Crippen LogP) is 1.39. The van der Waals surface area contributed by atoms with Crippen LogP contribution in [0.25, 0.3) is 22.3 Å². The fourth-order valence-corrected chi connectivity index (χ4v) is 10.1. The Morgan fingerprint density at radius 1 is 0.908 bits per heavy atom. The molecule has 5 aromatic rings. The summed E-state index contributed by atoms with van der Waals surface area (Å²) in [5, 5.41) is 31.2. The maximum absolute atomic E-state index is 15.1. The van der Waals surface area contributed by atoms with Crippen molar-refractivity contribution in [3.63, 3.8) is 0 Å². The fourth-order valence-electron chi connectivity index (χ4n) is 10.1. The number of unbranched alkanes of at least 4 members (excludes halogenated alkanes) is 2. The summed E-state index contributed by atoms with van der Waals surface area (Å²) in [6, 6.07) is 11.9. The molecule has 396 valence electrons. The number of hydrogen-bond acceptors (Lipinski definition) is 14. The molecule has 1 fully saturated rings. The third-order valence-electron chi connectivity index (χ3n) is 14.3. The molecule has 9 rings (SSSR count). The highest BCUT2D eigenvalue weighted by atomic mass is 19.1. The highest BCUT2D eigenvalue weighted by Gasteiger charge is 2.46. The Hall–Kier alpha value is -8.47. The average molecular weight is 1040 g/mol. The van der Waals surface area contributed by atoms with Gasteiger partial charge in [0.05, 0.1) is 67.4 Å². The van der Waals surface area contributed by atoms with Gasteiger partial charge in [0.1, 0.15) is 24.2 Å². The van der Waals surface area contributed by atoms with Crippen LogP contribution in [0.4, 0.5) is 4.39 Å².